The first-order valence-electron chi connectivity index (χ1n) is 8.57. The van der Waals surface area contributed by atoms with Crippen molar-refractivity contribution in [3.63, 3.8) is 0 Å². The number of piperidine rings is 1. The fourth-order valence-corrected chi connectivity index (χ4v) is 3.35. The van der Waals surface area contributed by atoms with Crippen LogP contribution in [0.5, 0.6) is 0 Å². The van der Waals surface area contributed by atoms with Gasteiger partial charge in [-0.1, -0.05) is 23.7 Å². The summed E-state index contributed by atoms with van der Waals surface area (Å²) in [6, 6.07) is 9.67. The molecule has 1 spiro atoms. The Hall–Kier alpha value is -1.89. The Labute approximate surface area is 152 Å². The van der Waals surface area contributed by atoms with Crippen LogP contribution in [0.15, 0.2) is 36.5 Å². The van der Waals surface area contributed by atoms with E-state index in [0.717, 1.165) is 48.3 Å². The maximum absolute atomic E-state index is 5.92. The van der Waals surface area contributed by atoms with Crippen LogP contribution in [0.4, 0.5) is 11.8 Å². The number of nitrogens with zero attached hydrogens (tertiary/aromatic N) is 3. The molecule has 0 saturated carbocycles. The van der Waals surface area contributed by atoms with Crippen LogP contribution in [0.2, 0.25) is 5.02 Å². The zero-order valence-corrected chi connectivity index (χ0v) is 14.7. The van der Waals surface area contributed by atoms with Crippen molar-refractivity contribution in [2.45, 2.75) is 25.2 Å². The fraction of sp³-hybridized carbons (Fsp3) is 0.444. The first kappa shape index (κ1) is 16.6. The summed E-state index contributed by atoms with van der Waals surface area (Å²) in [5, 5.41) is 4.08. The molecule has 1 aromatic carbocycles. The molecule has 6 nitrogen and oxygen atoms in total. The van der Waals surface area contributed by atoms with Crippen molar-refractivity contribution in [3.8, 4) is 0 Å². The molecule has 1 aromatic heterocycles. The molecule has 0 radical (unpaired) electrons. The van der Waals surface area contributed by atoms with Crippen LogP contribution < -0.4 is 10.2 Å². The molecular weight excluding hydrogens is 340 g/mol. The van der Waals surface area contributed by atoms with Crippen molar-refractivity contribution in [1.82, 2.24) is 9.97 Å². The largest absolute Gasteiger partial charge is 0.366 e. The highest BCUT2D eigenvalue weighted by molar-refractivity contribution is 6.30. The Morgan fingerprint density at radius 2 is 1.80 bits per heavy atom. The van der Waals surface area contributed by atoms with Gasteiger partial charge in [0.15, 0.2) is 5.79 Å². The van der Waals surface area contributed by atoms with E-state index in [1.807, 2.05) is 30.3 Å². The Balaban J connectivity index is 1.37. The predicted octanol–water partition coefficient (Wildman–Crippen LogP) is 3.09. The van der Waals surface area contributed by atoms with Gasteiger partial charge in [-0.15, -0.1) is 0 Å². The van der Waals surface area contributed by atoms with Gasteiger partial charge < -0.3 is 19.7 Å². The highest BCUT2D eigenvalue weighted by Crippen LogP contribution is 2.32. The van der Waals surface area contributed by atoms with E-state index in [9.17, 15) is 0 Å². The molecule has 2 aliphatic heterocycles. The summed E-state index contributed by atoms with van der Waals surface area (Å²) in [7, 11) is 0. The van der Waals surface area contributed by atoms with Crippen molar-refractivity contribution in [2.75, 3.05) is 36.5 Å². The monoisotopic (exact) mass is 360 g/mol. The first-order chi connectivity index (χ1) is 12.2. The molecule has 2 aliphatic rings. The summed E-state index contributed by atoms with van der Waals surface area (Å²) < 4.78 is 11.5. The summed E-state index contributed by atoms with van der Waals surface area (Å²) >= 11 is 5.92. The molecule has 0 atom stereocenters. The van der Waals surface area contributed by atoms with E-state index in [-0.39, 0.29) is 5.79 Å². The molecule has 2 aromatic rings. The third-order valence-electron chi connectivity index (χ3n) is 4.65. The highest BCUT2D eigenvalue weighted by Gasteiger charge is 2.40. The number of ether oxygens (including phenoxy) is 2. The van der Waals surface area contributed by atoms with E-state index in [0.29, 0.717) is 19.8 Å². The molecular formula is C18H21ClN4O2. The van der Waals surface area contributed by atoms with Gasteiger partial charge in [0.05, 0.1) is 13.2 Å². The Bertz CT molecular complexity index is 709. The van der Waals surface area contributed by atoms with E-state index in [1.165, 1.54) is 0 Å². The zero-order valence-electron chi connectivity index (χ0n) is 13.9. The smallest absolute Gasteiger partial charge is 0.227 e. The number of hydrogen-bond donors (Lipinski definition) is 1. The van der Waals surface area contributed by atoms with Gasteiger partial charge in [0.25, 0.3) is 0 Å². The van der Waals surface area contributed by atoms with Crippen LogP contribution in [-0.4, -0.2) is 42.1 Å². The standard InChI is InChI=1S/C18H21ClN4O2/c19-15-3-1-14(2-4-15)13-21-16-5-8-20-17(22-16)23-9-6-18(7-10-23)24-11-12-25-18/h1-5,8H,6-7,9-13H2,(H,20,21,22). The second-order valence-corrected chi connectivity index (χ2v) is 6.75. The minimum absolute atomic E-state index is 0.374. The summed E-state index contributed by atoms with van der Waals surface area (Å²) in [5.74, 6) is 1.18. The van der Waals surface area contributed by atoms with Crippen LogP contribution in [0.1, 0.15) is 18.4 Å². The number of nitrogens with one attached hydrogen (secondary N) is 1. The average molecular weight is 361 g/mol. The maximum atomic E-state index is 5.92. The van der Waals surface area contributed by atoms with Crippen molar-refractivity contribution < 1.29 is 9.47 Å². The molecule has 4 rings (SSSR count). The molecule has 0 bridgehead atoms. The molecule has 132 valence electrons. The van der Waals surface area contributed by atoms with Gasteiger partial charge in [-0.05, 0) is 23.8 Å². The van der Waals surface area contributed by atoms with Gasteiger partial charge in [0, 0.05) is 43.7 Å². The summed E-state index contributed by atoms with van der Waals surface area (Å²) in [4.78, 5) is 11.2. The van der Waals surface area contributed by atoms with Crippen LogP contribution in [0.3, 0.4) is 0 Å². The molecule has 3 heterocycles. The molecule has 25 heavy (non-hydrogen) atoms. The first-order valence-corrected chi connectivity index (χ1v) is 8.95. The number of benzene rings is 1. The number of halogens is 1. The summed E-state index contributed by atoms with van der Waals surface area (Å²) in [5.41, 5.74) is 1.15. The molecule has 0 unspecified atom stereocenters. The lowest BCUT2D eigenvalue weighted by Crippen LogP contribution is -2.45. The quantitative estimate of drug-likeness (QED) is 0.904. The number of rotatable bonds is 4. The van der Waals surface area contributed by atoms with Gasteiger partial charge >= 0.3 is 0 Å². The van der Waals surface area contributed by atoms with Gasteiger partial charge in [-0.25, -0.2) is 4.98 Å². The van der Waals surface area contributed by atoms with Crippen molar-refractivity contribution in [2.24, 2.45) is 0 Å². The van der Waals surface area contributed by atoms with E-state index in [2.05, 4.69) is 20.2 Å². The molecule has 2 saturated heterocycles. The highest BCUT2D eigenvalue weighted by atomic mass is 35.5. The topological polar surface area (TPSA) is 59.5 Å². The molecule has 1 N–H and O–H groups in total. The SMILES string of the molecule is Clc1ccc(CNc2ccnc(N3CCC4(CC3)OCCO4)n2)cc1. The molecule has 2 fully saturated rings. The molecule has 0 amide bonds. The number of aromatic nitrogens is 2. The van der Waals surface area contributed by atoms with Crippen molar-refractivity contribution in [3.05, 3.63) is 47.1 Å². The molecule has 7 heteroatoms. The van der Waals surface area contributed by atoms with E-state index < -0.39 is 0 Å². The number of hydrogen-bond acceptors (Lipinski definition) is 6. The van der Waals surface area contributed by atoms with E-state index in [1.54, 1.807) is 6.20 Å². The minimum Gasteiger partial charge on any atom is -0.366 e. The van der Waals surface area contributed by atoms with Crippen molar-refractivity contribution >= 4 is 23.4 Å². The summed E-state index contributed by atoms with van der Waals surface area (Å²) in [6.45, 7) is 3.75. The van der Waals surface area contributed by atoms with Crippen LogP contribution >= 0.6 is 11.6 Å². The van der Waals surface area contributed by atoms with E-state index in [4.69, 9.17) is 21.1 Å². The zero-order chi connectivity index (χ0) is 17.1. The van der Waals surface area contributed by atoms with Crippen LogP contribution in [-0.2, 0) is 16.0 Å². The Morgan fingerprint density at radius 1 is 1.08 bits per heavy atom. The Morgan fingerprint density at radius 3 is 2.52 bits per heavy atom. The van der Waals surface area contributed by atoms with Gasteiger partial charge in [-0.3, -0.25) is 0 Å². The van der Waals surface area contributed by atoms with Crippen LogP contribution in [0, 0.1) is 0 Å². The second-order valence-electron chi connectivity index (χ2n) is 6.32. The molecule has 0 aliphatic carbocycles. The second kappa shape index (κ2) is 7.15. The normalized spacial score (nSPS) is 19.3. The van der Waals surface area contributed by atoms with Gasteiger partial charge in [0.1, 0.15) is 5.82 Å². The maximum Gasteiger partial charge on any atom is 0.227 e. The van der Waals surface area contributed by atoms with Crippen LogP contribution in [0.25, 0.3) is 0 Å². The lowest BCUT2D eigenvalue weighted by atomic mass is 10.0. The third-order valence-corrected chi connectivity index (χ3v) is 4.90. The number of anilines is 2. The van der Waals surface area contributed by atoms with Gasteiger partial charge in [0.2, 0.25) is 5.95 Å². The lowest BCUT2D eigenvalue weighted by molar-refractivity contribution is -0.169. The van der Waals surface area contributed by atoms with Crippen molar-refractivity contribution in [1.29, 1.82) is 0 Å². The average Bonchev–Trinajstić information content (AvgIpc) is 3.10. The minimum atomic E-state index is -0.374. The predicted molar refractivity (Wildman–Crippen MR) is 96.9 cm³/mol. The summed E-state index contributed by atoms with van der Waals surface area (Å²) in [6.07, 6.45) is 3.48. The fourth-order valence-electron chi connectivity index (χ4n) is 3.23. The van der Waals surface area contributed by atoms with E-state index >= 15 is 0 Å². The third kappa shape index (κ3) is 3.86. The van der Waals surface area contributed by atoms with Gasteiger partial charge in [-0.2, -0.15) is 4.98 Å². The lowest BCUT2D eigenvalue weighted by Gasteiger charge is -2.37. The Kier molecular flexibility index (Phi) is 4.74.